The first-order chi connectivity index (χ1) is 9.92. The van der Waals surface area contributed by atoms with E-state index in [4.69, 9.17) is 4.42 Å². The molecule has 0 fully saturated rings. The van der Waals surface area contributed by atoms with Gasteiger partial charge in [0, 0.05) is 0 Å². The molecule has 5 heteroatoms. The molecule has 0 saturated heterocycles. The molecule has 4 rings (SSSR count). The summed E-state index contributed by atoms with van der Waals surface area (Å²) >= 11 is 0. The molecule has 5 nitrogen and oxygen atoms in total. The van der Waals surface area contributed by atoms with E-state index in [0.717, 1.165) is 18.1 Å². The van der Waals surface area contributed by atoms with Crippen LogP contribution in [0.25, 0.3) is 0 Å². The molecule has 0 saturated carbocycles. The molecule has 0 radical (unpaired) electrons. The van der Waals surface area contributed by atoms with Crippen LogP contribution in [-0.4, -0.2) is 14.8 Å². The minimum Gasteiger partial charge on any atom is -0.467 e. The highest BCUT2D eigenvalue weighted by Gasteiger charge is 2.30. The minimum absolute atomic E-state index is 0.126. The standard InChI is InChI=1S/C15H14N4O/c1-2-5-11(6-3-1)12-9-13(14-7-4-8-20-14)19-10-16-18-15(19)17-12/h1-8,10,12-13H,9H2,(H,17,18)/t12-,13-/m0/s1. The van der Waals surface area contributed by atoms with Crippen LogP contribution in [0.15, 0.2) is 59.5 Å². The highest BCUT2D eigenvalue weighted by atomic mass is 16.3. The predicted octanol–water partition coefficient (Wildman–Crippen LogP) is 3.02. The lowest BCUT2D eigenvalue weighted by Gasteiger charge is -2.31. The van der Waals surface area contributed by atoms with Crippen molar-refractivity contribution in [1.29, 1.82) is 0 Å². The second kappa shape index (κ2) is 4.52. The number of hydrogen-bond donors (Lipinski definition) is 1. The van der Waals surface area contributed by atoms with Gasteiger partial charge in [0.05, 0.1) is 18.3 Å². The Morgan fingerprint density at radius 2 is 2.05 bits per heavy atom. The molecule has 2 atom stereocenters. The van der Waals surface area contributed by atoms with Crippen LogP contribution in [0.2, 0.25) is 0 Å². The monoisotopic (exact) mass is 266 g/mol. The van der Waals surface area contributed by atoms with Crippen LogP contribution in [-0.2, 0) is 0 Å². The minimum atomic E-state index is 0.126. The Hall–Kier alpha value is -2.56. The van der Waals surface area contributed by atoms with Gasteiger partial charge >= 0.3 is 0 Å². The van der Waals surface area contributed by atoms with Gasteiger partial charge in [0.2, 0.25) is 5.95 Å². The molecule has 2 aromatic heterocycles. The molecule has 3 aromatic rings. The number of aromatic nitrogens is 3. The van der Waals surface area contributed by atoms with Crippen molar-refractivity contribution in [3.63, 3.8) is 0 Å². The third kappa shape index (κ3) is 1.79. The topological polar surface area (TPSA) is 55.9 Å². The summed E-state index contributed by atoms with van der Waals surface area (Å²) in [7, 11) is 0. The van der Waals surface area contributed by atoms with Gasteiger partial charge in [0.25, 0.3) is 0 Å². The van der Waals surface area contributed by atoms with Gasteiger partial charge in [-0.25, -0.2) is 0 Å². The number of nitrogens with one attached hydrogen (secondary N) is 1. The Morgan fingerprint density at radius 1 is 1.15 bits per heavy atom. The molecule has 3 heterocycles. The Morgan fingerprint density at radius 3 is 2.85 bits per heavy atom. The molecular formula is C15H14N4O. The molecule has 0 amide bonds. The van der Waals surface area contributed by atoms with Crippen molar-refractivity contribution in [2.75, 3.05) is 5.32 Å². The number of hydrogen-bond acceptors (Lipinski definition) is 4. The van der Waals surface area contributed by atoms with Crippen LogP contribution in [0.5, 0.6) is 0 Å². The van der Waals surface area contributed by atoms with E-state index in [2.05, 4.69) is 39.8 Å². The van der Waals surface area contributed by atoms with Gasteiger partial charge in [0.15, 0.2) is 0 Å². The fraction of sp³-hybridized carbons (Fsp3) is 0.200. The van der Waals surface area contributed by atoms with Crippen LogP contribution >= 0.6 is 0 Å². The van der Waals surface area contributed by atoms with Gasteiger partial charge in [-0.15, -0.1) is 10.2 Å². The van der Waals surface area contributed by atoms with Crippen molar-refractivity contribution in [3.8, 4) is 0 Å². The zero-order valence-electron chi connectivity index (χ0n) is 10.8. The number of furan rings is 1. The zero-order valence-corrected chi connectivity index (χ0v) is 10.8. The van der Waals surface area contributed by atoms with Crippen molar-refractivity contribution in [3.05, 3.63) is 66.4 Å². The number of fused-ring (bicyclic) bond motifs is 1. The Kier molecular flexibility index (Phi) is 2.55. The largest absolute Gasteiger partial charge is 0.467 e. The summed E-state index contributed by atoms with van der Waals surface area (Å²) in [5.74, 6) is 1.72. The quantitative estimate of drug-likeness (QED) is 0.774. The smallest absolute Gasteiger partial charge is 0.225 e. The SMILES string of the molecule is c1ccc([C@@H]2C[C@@H](c3ccco3)n3cnnc3N2)cc1. The van der Waals surface area contributed by atoms with Crippen LogP contribution < -0.4 is 5.32 Å². The highest BCUT2D eigenvalue weighted by molar-refractivity contribution is 5.37. The second-order valence-electron chi connectivity index (χ2n) is 4.94. The van der Waals surface area contributed by atoms with Gasteiger partial charge < -0.3 is 9.73 Å². The molecule has 0 bridgehead atoms. The molecule has 1 aliphatic heterocycles. The summed E-state index contributed by atoms with van der Waals surface area (Å²) in [6.45, 7) is 0. The maximum Gasteiger partial charge on any atom is 0.225 e. The molecule has 100 valence electrons. The van der Waals surface area contributed by atoms with Gasteiger partial charge in [0.1, 0.15) is 12.1 Å². The zero-order chi connectivity index (χ0) is 13.4. The fourth-order valence-electron chi connectivity index (χ4n) is 2.76. The fourth-order valence-corrected chi connectivity index (χ4v) is 2.76. The Labute approximate surface area is 116 Å². The first-order valence-electron chi connectivity index (χ1n) is 6.66. The summed E-state index contributed by atoms with van der Waals surface area (Å²) in [5.41, 5.74) is 1.25. The molecule has 1 aromatic carbocycles. The van der Waals surface area contributed by atoms with Gasteiger partial charge in [-0.2, -0.15) is 0 Å². The average Bonchev–Trinajstić information content (AvgIpc) is 3.18. The maximum atomic E-state index is 5.58. The van der Waals surface area contributed by atoms with E-state index in [-0.39, 0.29) is 12.1 Å². The summed E-state index contributed by atoms with van der Waals surface area (Å²) < 4.78 is 7.61. The average molecular weight is 266 g/mol. The third-order valence-electron chi connectivity index (χ3n) is 3.74. The first kappa shape index (κ1) is 11.3. The molecule has 0 unspecified atom stereocenters. The van der Waals surface area contributed by atoms with E-state index < -0.39 is 0 Å². The summed E-state index contributed by atoms with van der Waals surface area (Å²) in [6, 6.07) is 14.6. The predicted molar refractivity (Wildman–Crippen MR) is 74.3 cm³/mol. The normalized spacial score (nSPS) is 21.2. The van der Waals surface area contributed by atoms with Crippen LogP contribution in [0.3, 0.4) is 0 Å². The lowest BCUT2D eigenvalue weighted by atomic mass is 9.96. The van der Waals surface area contributed by atoms with Crippen molar-refractivity contribution in [2.24, 2.45) is 0 Å². The van der Waals surface area contributed by atoms with Crippen LogP contribution in [0.1, 0.15) is 29.8 Å². The maximum absolute atomic E-state index is 5.58. The number of nitrogens with zero attached hydrogens (tertiary/aromatic N) is 3. The van der Waals surface area contributed by atoms with E-state index in [1.807, 2.05) is 22.8 Å². The lowest BCUT2D eigenvalue weighted by Crippen LogP contribution is -2.26. The molecular weight excluding hydrogens is 252 g/mol. The Balaban J connectivity index is 1.74. The summed E-state index contributed by atoms with van der Waals surface area (Å²) in [5, 5.41) is 11.6. The third-order valence-corrected chi connectivity index (χ3v) is 3.74. The van der Waals surface area contributed by atoms with E-state index in [9.17, 15) is 0 Å². The molecule has 20 heavy (non-hydrogen) atoms. The number of rotatable bonds is 2. The molecule has 0 spiro atoms. The van der Waals surface area contributed by atoms with Gasteiger partial charge in [-0.3, -0.25) is 4.57 Å². The van der Waals surface area contributed by atoms with Crippen molar-refractivity contribution >= 4 is 5.95 Å². The van der Waals surface area contributed by atoms with Crippen molar-refractivity contribution in [2.45, 2.75) is 18.5 Å². The summed E-state index contributed by atoms with van der Waals surface area (Å²) in [4.78, 5) is 0. The van der Waals surface area contributed by atoms with Crippen LogP contribution in [0, 0.1) is 0 Å². The van der Waals surface area contributed by atoms with Crippen LogP contribution in [0.4, 0.5) is 5.95 Å². The van der Waals surface area contributed by atoms with Crippen molar-refractivity contribution < 1.29 is 4.42 Å². The number of benzene rings is 1. The van der Waals surface area contributed by atoms with E-state index in [1.54, 1.807) is 12.6 Å². The van der Waals surface area contributed by atoms with E-state index in [0.29, 0.717) is 0 Å². The van der Waals surface area contributed by atoms with Crippen molar-refractivity contribution in [1.82, 2.24) is 14.8 Å². The molecule has 1 aliphatic rings. The van der Waals surface area contributed by atoms with E-state index >= 15 is 0 Å². The summed E-state index contributed by atoms with van der Waals surface area (Å²) in [6.07, 6.45) is 4.36. The lowest BCUT2D eigenvalue weighted by molar-refractivity contribution is 0.381. The first-order valence-corrected chi connectivity index (χ1v) is 6.66. The van der Waals surface area contributed by atoms with Gasteiger partial charge in [-0.1, -0.05) is 30.3 Å². The highest BCUT2D eigenvalue weighted by Crippen LogP contribution is 2.37. The van der Waals surface area contributed by atoms with E-state index in [1.165, 1.54) is 5.56 Å². The molecule has 0 aliphatic carbocycles. The van der Waals surface area contributed by atoms with Gasteiger partial charge in [-0.05, 0) is 24.1 Å². The number of anilines is 1. The second-order valence-corrected chi connectivity index (χ2v) is 4.94. The molecule has 1 N–H and O–H groups in total. The Bertz CT molecular complexity index is 690.